The molecule has 0 saturated carbocycles. The second kappa shape index (κ2) is 7.99. The van der Waals surface area contributed by atoms with Crippen LogP contribution in [0.2, 0.25) is 0 Å². The first kappa shape index (κ1) is 17.8. The van der Waals surface area contributed by atoms with Crippen molar-refractivity contribution in [3.05, 3.63) is 46.2 Å². The Morgan fingerprint density at radius 1 is 0.846 bits per heavy atom. The lowest BCUT2D eigenvalue weighted by molar-refractivity contribution is 0.667. The molecule has 2 nitrogen and oxygen atoms in total. The average molecular weight is 399 g/mol. The van der Waals surface area contributed by atoms with Gasteiger partial charge in [0.25, 0.3) is 0 Å². The number of hydrogen-bond acceptors (Lipinski definition) is 5. The number of benzene rings is 1. The number of thiophene rings is 2. The summed E-state index contributed by atoms with van der Waals surface area (Å²) in [6.45, 7) is 4.40. The van der Waals surface area contributed by atoms with Gasteiger partial charge in [-0.1, -0.05) is 38.3 Å². The van der Waals surface area contributed by atoms with Gasteiger partial charge < -0.3 is 0 Å². The van der Waals surface area contributed by atoms with E-state index < -0.39 is 0 Å². The van der Waals surface area contributed by atoms with Crippen molar-refractivity contribution in [2.45, 2.75) is 46.0 Å². The third kappa shape index (κ3) is 3.61. The van der Waals surface area contributed by atoms with Crippen molar-refractivity contribution < 1.29 is 0 Å². The largest absolute Gasteiger partial charge is 0.172 e. The van der Waals surface area contributed by atoms with Crippen LogP contribution < -0.4 is 0 Å². The SMILES string of the molecule is CCCCCCc1csc(-c2ccc(-c3cc(C)cs3)c3nsnc23)c1. The zero-order valence-corrected chi connectivity index (χ0v) is 17.6. The lowest BCUT2D eigenvalue weighted by Gasteiger charge is -2.03. The highest BCUT2D eigenvalue weighted by atomic mass is 32.1. The second-order valence-corrected chi connectivity index (χ2v) is 9.09. The van der Waals surface area contributed by atoms with Crippen molar-refractivity contribution >= 4 is 45.4 Å². The molecule has 26 heavy (non-hydrogen) atoms. The van der Waals surface area contributed by atoms with Crippen molar-refractivity contribution in [1.82, 2.24) is 8.75 Å². The number of aryl methyl sites for hydroxylation is 2. The monoisotopic (exact) mass is 398 g/mol. The van der Waals surface area contributed by atoms with E-state index in [-0.39, 0.29) is 0 Å². The molecule has 0 N–H and O–H groups in total. The fourth-order valence-corrected chi connectivity index (χ4v) is 5.72. The van der Waals surface area contributed by atoms with E-state index in [4.69, 9.17) is 0 Å². The summed E-state index contributed by atoms with van der Waals surface area (Å²) in [5, 5.41) is 4.50. The van der Waals surface area contributed by atoms with Gasteiger partial charge in [-0.05, 0) is 53.8 Å². The van der Waals surface area contributed by atoms with Gasteiger partial charge >= 0.3 is 0 Å². The highest BCUT2D eigenvalue weighted by Gasteiger charge is 2.15. The summed E-state index contributed by atoms with van der Waals surface area (Å²) in [4.78, 5) is 2.58. The predicted octanol–water partition coefficient (Wildman–Crippen LogP) is 7.58. The van der Waals surface area contributed by atoms with E-state index in [2.05, 4.69) is 57.6 Å². The smallest absolute Gasteiger partial charge is 0.114 e. The second-order valence-electron chi connectivity index (χ2n) is 6.74. The van der Waals surface area contributed by atoms with Crippen LogP contribution in [0.25, 0.3) is 31.9 Å². The number of unbranched alkanes of at least 4 members (excludes halogenated alkanes) is 3. The van der Waals surface area contributed by atoms with E-state index in [1.165, 1.54) is 75.8 Å². The molecule has 0 amide bonds. The molecule has 4 aromatic rings. The number of nitrogens with zero attached hydrogens (tertiary/aromatic N) is 2. The van der Waals surface area contributed by atoms with Crippen LogP contribution in [0.3, 0.4) is 0 Å². The van der Waals surface area contributed by atoms with Crippen molar-refractivity contribution in [3.63, 3.8) is 0 Å². The lowest BCUT2D eigenvalue weighted by Crippen LogP contribution is -1.83. The highest BCUT2D eigenvalue weighted by molar-refractivity contribution is 7.14. The predicted molar refractivity (Wildman–Crippen MR) is 117 cm³/mol. The standard InChI is InChI=1S/C21H22N2S3/c1-3-4-5-6-7-15-11-19(25-13-15)17-9-8-16(18-10-14(2)12-24-18)20-21(17)23-26-22-20/h8-13H,3-7H2,1-2H3. The Kier molecular flexibility index (Phi) is 5.48. The van der Waals surface area contributed by atoms with E-state index in [1.807, 2.05) is 11.3 Å². The van der Waals surface area contributed by atoms with Crippen LogP contribution in [0.15, 0.2) is 35.0 Å². The molecule has 0 fully saturated rings. The minimum Gasteiger partial charge on any atom is -0.172 e. The zero-order chi connectivity index (χ0) is 17.9. The third-order valence-electron chi connectivity index (χ3n) is 4.65. The minimum atomic E-state index is 1.03. The molecule has 0 saturated heterocycles. The van der Waals surface area contributed by atoms with Gasteiger partial charge in [0, 0.05) is 20.9 Å². The van der Waals surface area contributed by atoms with Gasteiger partial charge in [0.1, 0.15) is 11.0 Å². The van der Waals surface area contributed by atoms with Crippen LogP contribution in [0.1, 0.15) is 43.7 Å². The van der Waals surface area contributed by atoms with Crippen LogP contribution in [-0.4, -0.2) is 8.75 Å². The summed E-state index contributed by atoms with van der Waals surface area (Å²) < 4.78 is 9.23. The fourth-order valence-electron chi connectivity index (χ4n) is 3.24. The maximum atomic E-state index is 4.63. The van der Waals surface area contributed by atoms with Crippen LogP contribution in [0.5, 0.6) is 0 Å². The first-order chi connectivity index (χ1) is 12.8. The van der Waals surface area contributed by atoms with Gasteiger partial charge in [0.2, 0.25) is 0 Å². The van der Waals surface area contributed by atoms with Crippen LogP contribution in [0, 0.1) is 6.92 Å². The lowest BCUT2D eigenvalue weighted by atomic mass is 10.0. The first-order valence-corrected chi connectivity index (χ1v) is 11.6. The molecular formula is C21H22N2S3. The van der Waals surface area contributed by atoms with Gasteiger partial charge in [0.15, 0.2) is 0 Å². The van der Waals surface area contributed by atoms with Crippen molar-refractivity contribution in [2.24, 2.45) is 0 Å². The maximum Gasteiger partial charge on any atom is 0.114 e. The Bertz CT molecular complexity index is 1010. The quantitative estimate of drug-likeness (QED) is 0.300. The molecule has 0 aliphatic heterocycles. The van der Waals surface area contributed by atoms with Gasteiger partial charge in [-0.2, -0.15) is 8.75 Å². The van der Waals surface area contributed by atoms with Gasteiger partial charge in [-0.3, -0.25) is 0 Å². The van der Waals surface area contributed by atoms with E-state index in [0.717, 1.165) is 11.0 Å². The Morgan fingerprint density at radius 2 is 1.54 bits per heavy atom. The first-order valence-electron chi connectivity index (χ1n) is 9.15. The van der Waals surface area contributed by atoms with Gasteiger partial charge in [-0.25, -0.2) is 0 Å². The zero-order valence-electron chi connectivity index (χ0n) is 15.1. The fraction of sp³-hybridized carbons (Fsp3) is 0.333. The molecule has 0 atom stereocenters. The van der Waals surface area contributed by atoms with Gasteiger partial charge in [-0.15, -0.1) is 22.7 Å². The number of hydrogen-bond donors (Lipinski definition) is 0. The van der Waals surface area contributed by atoms with E-state index in [0.29, 0.717) is 0 Å². The molecule has 134 valence electrons. The number of rotatable bonds is 7. The molecule has 3 heterocycles. The van der Waals surface area contributed by atoms with E-state index in [1.54, 1.807) is 11.3 Å². The summed E-state index contributed by atoms with van der Waals surface area (Å²) in [7, 11) is 0. The number of aromatic nitrogens is 2. The van der Waals surface area contributed by atoms with Gasteiger partial charge in [0.05, 0.1) is 11.7 Å². The third-order valence-corrected chi connectivity index (χ3v) is 7.27. The van der Waals surface area contributed by atoms with E-state index >= 15 is 0 Å². The van der Waals surface area contributed by atoms with E-state index in [9.17, 15) is 0 Å². The molecule has 0 unspecified atom stereocenters. The van der Waals surface area contributed by atoms with Crippen LogP contribution in [0.4, 0.5) is 0 Å². The summed E-state index contributed by atoms with van der Waals surface area (Å²) in [6, 6.07) is 9.02. The maximum absolute atomic E-state index is 4.63. The van der Waals surface area contributed by atoms with Crippen LogP contribution in [-0.2, 0) is 6.42 Å². The summed E-state index contributed by atoms with van der Waals surface area (Å²) >= 11 is 4.92. The molecule has 3 aromatic heterocycles. The Balaban J connectivity index is 1.64. The molecule has 4 rings (SSSR count). The van der Waals surface area contributed by atoms with Crippen LogP contribution >= 0.6 is 34.4 Å². The summed E-state index contributed by atoms with van der Waals surface area (Å²) in [5.41, 5.74) is 7.25. The van der Waals surface area contributed by atoms with Crippen molar-refractivity contribution in [2.75, 3.05) is 0 Å². The Labute approximate surface area is 166 Å². The van der Waals surface area contributed by atoms with Crippen molar-refractivity contribution in [3.8, 4) is 20.9 Å². The Morgan fingerprint density at radius 3 is 2.19 bits per heavy atom. The van der Waals surface area contributed by atoms with Crippen molar-refractivity contribution in [1.29, 1.82) is 0 Å². The average Bonchev–Trinajstić information content (AvgIpc) is 3.38. The highest BCUT2D eigenvalue weighted by Crippen LogP contribution is 2.38. The molecular weight excluding hydrogens is 376 g/mol. The summed E-state index contributed by atoms with van der Waals surface area (Å²) in [6.07, 6.45) is 6.43. The topological polar surface area (TPSA) is 25.8 Å². The number of fused-ring (bicyclic) bond motifs is 1. The summed E-state index contributed by atoms with van der Waals surface area (Å²) in [5.74, 6) is 0. The minimum absolute atomic E-state index is 1.03. The molecule has 0 aliphatic carbocycles. The molecule has 0 bridgehead atoms. The molecule has 5 heteroatoms. The molecule has 1 aromatic carbocycles. The normalized spacial score (nSPS) is 11.5. The molecule has 0 aliphatic rings. The Hall–Kier alpha value is -1.56. The molecule has 0 radical (unpaired) electrons. The molecule has 0 spiro atoms.